The lowest BCUT2D eigenvalue weighted by atomic mass is 10.1. The Balaban J connectivity index is 1.57. The van der Waals surface area contributed by atoms with Crippen molar-refractivity contribution < 1.29 is 4.79 Å². The molecule has 0 aliphatic heterocycles. The van der Waals surface area contributed by atoms with Crippen LogP contribution in [-0.2, 0) is 11.2 Å². The van der Waals surface area contributed by atoms with Crippen LogP contribution >= 0.6 is 0 Å². The average molecular weight is 233 g/mol. The Morgan fingerprint density at radius 2 is 2.29 bits per heavy atom. The number of nitrogens with zero attached hydrogens (tertiary/aromatic N) is 1. The lowest BCUT2D eigenvalue weighted by molar-refractivity contribution is -0.118. The number of aromatic amines is 1. The highest BCUT2D eigenvalue weighted by Crippen LogP contribution is 2.57. The van der Waals surface area contributed by atoms with Gasteiger partial charge in [-0.15, -0.1) is 0 Å². The summed E-state index contributed by atoms with van der Waals surface area (Å²) >= 11 is 0. The van der Waals surface area contributed by atoms with Crippen LogP contribution in [0.3, 0.4) is 0 Å². The minimum Gasteiger partial charge on any atom is -0.309 e. The second-order valence-electron chi connectivity index (χ2n) is 5.30. The topological polar surface area (TPSA) is 57.8 Å². The van der Waals surface area contributed by atoms with Gasteiger partial charge in [0.15, 0.2) is 5.82 Å². The molecule has 4 nitrogen and oxygen atoms in total. The Bertz CT molecular complexity index is 416. The van der Waals surface area contributed by atoms with E-state index in [1.807, 2.05) is 6.07 Å². The number of nitrogens with one attached hydrogen (secondary N) is 2. The zero-order valence-electron chi connectivity index (χ0n) is 10.2. The third-order valence-electron chi connectivity index (χ3n) is 4.11. The van der Waals surface area contributed by atoms with Crippen molar-refractivity contribution in [3.63, 3.8) is 0 Å². The molecule has 1 heterocycles. The van der Waals surface area contributed by atoms with E-state index in [4.69, 9.17) is 0 Å². The molecule has 0 aromatic carbocycles. The van der Waals surface area contributed by atoms with Crippen LogP contribution in [-0.4, -0.2) is 16.1 Å². The van der Waals surface area contributed by atoms with Crippen molar-refractivity contribution >= 4 is 11.7 Å². The van der Waals surface area contributed by atoms with Crippen LogP contribution in [0.2, 0.25) is 0 Å². The van der Waals surface area contributed by atoms with Crippen LogP contribution in [0.5, 0.6) is 0 Å². The Morgan fingerprint density at radius 3 is 3.00 bits per heavy atom. The van der Waals surface area contributed by atoms with Crippen LogP contribution in [0.4, 0.5) is 5.82 Å². The Hall–Kier alpha value is -1.32. The summed E-state index contributed by atoms with van der Waals surface area (Å²) in [6.07, 6.45) is 5.86. The van der Waals surface area contributed by atoms with Crippen LogP contribution in [0.15, 0.2) is 6.07 Å². The smallest absolute Gasteiger partial charge is 0.229 e. The van der Waals surface area contributed by atoms with E-state index in [0.717, 1.165) is 18.5 Å². The maximum absolute atomic E-state index is 12.0. The monoisotopic (exact) mass is 233 g/mol. The third kappa shape index (κ3) is 1.96. The van der Waals surface area contributed by atoms with Gasteiger partial charge in [0, 0.05) is 17.7 Å². The summed E-state index contributed by atoms with van der Waals surface area (Å²) in [6.45, 7) is 2.13. The van der Waals surface area contributed by atoms with Gasteiger partial charge >= 0.3 is 0 Å². The van der Waals surface area contributed by atoms with E-state index in [9.17, 15) is 4.79 Å². The van der Waals surface area contributed by atoms with E-state index < -0.39 is 0 Å². The maximum atomic E-state index is 12.0. The van der Waals surface area contributed by atoms with Gasteiger partial charge in [0.25, 0.3) is 0 Å². The molecule has 0 radical (unpaired) electrons. The molecule has 2 N–H and O–H groups in total. The second kappa shape index (κ2) is 4.17. The number of rotatable bonds is 4. The summed E-state index contributed by atoms with van der Waals surface area (Å²) in [7, 11) is 0. The van der Waals surface area contributed by atoms with E-state index in [2.05, 4.69) is 22.4 Å². The molecule has 17 heavy (non-hydrogen) atoms. The zero-order chi connectivity index (χ0) is 11.8. The van der Waals surface area contributed by atoms with E-state index in [0.29, 0.717) is 17.7 Å². The van der Waals surface area contributed by atoms with Gasteiger partial charge < -0.3 is 5.32 Å². The van der Waals surface area contributed by atoms with Crippen molar-refractivity contribution in [2.24, 2.45) is 17.8 Å². The van der Waals surface area contributed by atoms with Crippen molar-refractivity contribution in [3.8, 4) is 0 Å². The third-order valence-corrected chi connectivity index (χ3v) is 4.11. The summed E-state index contributed by atoms with van der Waals surface area (Å²) in [6, 6.07) is 1.94. The van der Waals surface area contributed by atoms with Gasteiger partial charge in [-0.2, -0.15) is 5.10 Å². The first kappa shape index (κ1) is 10.8. The van der Waals surface area contributed by atoms with Gasteiger partial charge in [-0.3, -0.25) is 9.89 Å². The highest BCUT2D eigenvalue weighted by atomic mass is 16.2. The fourth-order valence-corrected chi connectivity index (χ4v) is 3.24. The van der Waals surface area contributed by atoms with E-state index in [1.165, 1.54) is 19.3 Å². The molecule has 2 saturated carbocycles. The van der Waals surface area contributed by atoms with Crippen LogP contribution in [0, 0.1) is 17.8 Å². The first-order chi connectivity index (χ1) is 8.29. The fraction of sp³-hybridized carbons (Fsp3) is 0.692. The molecule has 2 aliphatic rings. The van der Waals surface area contributed by atoms with E-state index in [1.54, 1.807) is 0 Å². The highest BCUT2D eigenvalue weighted by Gasteiger charge is 2.56. The number of aromatic nitrogens is 2. The zero-order valence-corrected chi connectivity index (χ0v) is 10.2. The minimum absolute atomic E-state index is 0.175. The summed E-state index contributed by atoms with van der Waals surface area (Å²) in [5.74, 6) is 2.47. The van der Waals surface area contributed by atoms with Crippen molar-refractivity contribution in [1.29, 1.82) is 0 Å². The van der Waals surface area contributed by atoms with E-state index >= 15 is 0 Å². The summed E-state index contributed by atoms with van der Waals surface area (Å²) in [5, 5.41) is 10.0. The molecule has 1 amide bonds. The number of aryl methyl sites for hydroxylation is 1. The lowest BCUT2D eigenvalue weighted by Gasteiger charge is -2.02. The Kier molecular flexibility index (Phi) is 2.65. The summed E-state index contributed by atoms with van der Waals surface area (Å²) in [4.78, 5) is 12.0. The van der Waals surface area contributed by atoms with E-state index in [-0.39, 0.29) is 11.8 Å². The average Bonchev–Trinajstić information content (AvgIpc) is 2.69. The van der Waals surface area contributed by atoms with Gasteiger partial charge in [-0.05, 0) is 31.1 Å². The minimum atomic E-state index is 0.175. The number of hydrogen-bond acceptors (Lipinski definition) is 2. The van der Waals surface area contributed by atoms with Crippen molar-refractivity contribution in [2.75, 3.05) is 5.32 Å². The van der Waals surface area contributed by atoms with Crippen molar-refractivity contribution in [2.45, 2.75) is 39.0 Å². The largest absolute Gasteiger partial charge is 0.309 e. The van der Waals surface area contributed by atoms with Crippen LogP contribution in [0.25, 0.3) is 0 Å². The first-order valence-electron chi connectivity index (χ1n) is 6.64. The molecule has 1 aromatic heterocycles. The molecule has 2 atom stereocenters. The predicted octanol–water partition coefficient (Wildman–Crippen LogP) is 2.35. The Labute approximate surface area is 101 Å². The standard InChI is InChI=1S/C13H19N3O/c1-2-4-8-7-11(16-15-8)14-13(17)12-9-5-3-6-10(9)12/h7,9-10,12H,2-6H2,1H3,(H2,14,15,16,17). The molecule has 0 spiro atoms. The summed E-state index contributed by atoms with van der Waals surface area (Å²) in [5.41, 5.74) is 1.10. The molecule has 2 unspecified atom stereocenters. The lowest BCUT2D eigenvalue weighted by Crippen LogP contribution is -2.16. The molecule has 4 heteroatoms. The number of carbonyl (C=O) groups excluding carboxylic acids is 1. The Morgan fingerprint density at radius 1 is 1.53 bits per heavy atom. The molecule has 0 saturated heterocycles. The van der Waals surface area contributed by atoms with Gasteiger partial charge in [-0.1, -0.05) is 19.8 Å². The molecule has 92 valence electrons. The van der Waals surface area contributed by atoms with Gasteiger partial charge in [-0.25, -0.2) is 0 Å². The predicted molar refractivity (Wildman–Crippen MR) is 65.5 cm³/mol. The molecule has 0 bridgehead atoms. The number of H-pyrrole nitrogens is 1. The molecule has 3 rings (SSSR count). The molecular formula is C13H19N3O. The number of anilines is 1. The van der Waals surface area contributed by atoms with Crippen LogP contribution < -0.4 is 5.32 Å². The number of fused-ring (bicyclic) bond motifs is 1. The van der Waals surface area contributed by atoms with Gasteiger partial charge in [0.1, 0.15) is 0 Å². The SMILES string of the molecule is CCCc1cc(NC(=O)C2C3CCCC32)n[nH]1. The van der Waals surface area contributed by atoms with Gasteiger partial charge in [0.2, 0.25) is 5.91 Å². The molecule has 2 fully saturated rings. The number of hydrogen-bond donors (Lipinski definition) is 2. The molecular weight excluding hydrogens is 214 g/mol. The second-order valence-corrected chi connectivity index (χ2v) is 5.30. The first-order valence-corrected chi connectivity index (χ1v) is 6.64. The summed E-state index contributed by atoms with van der Waals surface area (Å²) < 4.78 is 0. The maximum Gasteiger partial charge on any atom is 0.229 e. The quantitative estimate of drug-likeness (QED) is 0.838. The number of carbonyl (C=O) groups is 1. The van der Waals surface area contributed by atoms with Crippen LogP contribution in [0.1, 0.15) is 38.3 Å². The normalized spacial score (nSPS) is 30.1. The molecule has 2 aliphatic carbocycles. The van der Waals surface area contributed by atoms with Crippen molar-refractivity contribution in [3.05, 3.63) is 11.8 Å². The highest BCUT2D eigenvalue weighted by molar-refractivity contribution is 5.94. The van der Waals surface area contributed by atoms with Crippen molar-refractivity contribution in [1.82, 2.24) is 10.2 Å². The molecule has 1 aromatic rings. The fourth-order valence-electron chi connectivity index (χ4n) is 3.24. The number of amides is 1. The van der Waals surface area contributed by atoms with Gasteiger partial charge in [0.05, 0.1) is 0 Å².